The Kier molecular flexibility index (Phi) is 5.67. The van der Waals surface area contributed by atoms with Crippen molar-refractivity contribution in [2.45, 2.75) is 63.1 Å². The van der Waals surface area contributed by atoms with E-state index in [2.05, 4.69) is 10.3 Å². The minimum atomic E-state index is -4.68. The van der Waals surface area contributed by atoms with E-state index in [-0.39, 0.29) is 49.5 Å². The van der Waals surface area contributed by atoms with E-state index in [1.807, 2.05) is 0 Å². The minimum absolute atomic E-state index is 0.00776. The molecule has 0 unspecified atom stereocenters. The van der Waals surface area contributed by atoms with Crippen LogP contribution < -0.4 is 15.0 Å². The van der Waals surface area contributed by atoms with Gasteiger partial charge in [0.15, 0.2) is 17.3 Å². The van der Waals surface area contributed by atoms with Crippen LogP contribution in [0.2, 0.25) is 0 Å². The van der Waals surface area contributed by atoms with E-state index in [0.29, 0.717) is 0 Å². The average Bonchev–Trinajstić information content (AvgIpc) is 3.34. The van der Waals surface area contributed by atoms with Crippen LogP contribution >= 0.6 is 0 Å². The van der Waals surface area contributed by atoms with Crippen LogP contribution in [0.4, 0.5) is 38.0 Å². The first-order chi connectivity index (χ1) is 16.4. The van der Waals surface area contributed by atoms with Crippen molar-refractivity contribution >= 4 is 17.6 Å². The zero-order valence-electron chi connectivity index (χ0n) is 18.6. The molecule has 1 spiro atoms. The Balaban J connectivity index is 1.29. The molecule has 1 amide bonds. The SMILES string of the molecule is O=C(Nc1ccc(OC2CCCC2)c(F)c1)c1nc(N2CC3(C2)CC(F)(F)C3)oc1CC(F)(F)F. The summed E-state index contributed by atoms with van der Waals surface area (Å²) in [5.41, 5.74) is -1.19. The number of carbonyl (C=O) groups is 1. The quantitative estimate of drug-likeness (QED) is 0.511. The lowest BCUT2D eigenvalue weighted by Crippen LogP contribution is -2.66. The van der Waals surface area contributed by atoms with Crippen molar-refractivity contribution in [2.24, 2.45) is 5.41 Å². The number of oxazole rings is 1. The molecule has 3 fully saturated rings. The lowest BCUT2D eigenvalue weighted by Gasteiger charge is -2.58. The van der Waals surface area contributed by atoms with Crippen molar-refractivity contribution in [1.29, 1.82) is 0 Å². The van der Waals surface area contributed by atoms with E-state index in [9.17, 15) is 31.1 Å². The highest BCUT2D eigenvalue weighted by atomic mass is 19.4. The maximum atomic E-state index is 14.5. The van der Waals surface area contributed by atoms with Crippen molar-refractivity contribution in [3.63, 3.8) is 0 Å². The number of nitrogens with zero attached hydrogens (tertiary/aromatic N) is 2. The molecule has 2 heterocycles. The molecule has 1 saturated heterocycles. The second kappa shape index (κ2) is 8.34. The van der Waals surface area contributed by atoms with Gasteiger partial charge in [-0.25, -0.2) is 13.2 Å². The second-order valence-corrected chi connectivity index (χ2v) is 9.75. The van der Waals surface area contributed by atoms with E-state index in [1.54, 1.807) is 0 Å². The van der Waals surface area contributed by atoms with Gasteiger partial charge in [0.25, 0.3) is 11.9 Å². The Labute approximate surface area is 196 Å². The zero-order chi connectivity index (χ0) is 25.0. The molecule has 2 saturated carbocycles. The largest absolute Gasteiger partial charge is 0.487 e. The van der Waals surface area contributed by atoms with Gasteiger partial charge in [0, 0.05) is 43.1 Å². The fourth-order valence-corrected chi connectivity index (χ4v) is 5.17. The predicted octanol–water partition coefficient (Wildman–Crippen LogP) is 5.73. The van der Waals surface area contributed by atoms with Crippen LogP contribution in [0, 0.1) is 11.2 Å². The number of ether oxygens (including phenoxy) is 1. The normalized spacial score (nSPS) is 21.0. The van der Waals surface area contributed by atoms with E-state index < -0.39 is 47.1 Å². The van der Waals surface area contributed by atoms with Crippen LogP contribution in [0.15, 0.2) is 22.6 Å². The number of hydrogen-bond donors (Lipinski definition) is 1. The molecule has 6 nitrogen and oxygen atoms in total. The van der Waals surface area contributed by atoms with Gasteiger partial charge in [-0.1, -0.05) is 0 Å². The molecule has 2 aliphatic carbocycles. The smallest absolute Gasteiger partial charge is 0.396 e. The van der Waals surface area contributed by atoms with E-state index in [0.717, 1.165) is 31.7 Å². The third kappa shape index (κ3) is 5.06. The van der Waals surface area contributed by atoms with Crippen LogP contribution in [0.3, 0.4) is 0 Å². The molecular formula is C23H23F6N3O3. The lowest BCUT2D eigenvalue weighted by molar-refractivity contribution is -0.171. The van der Waals surface area contributed by atoms with Crippen LogP contribution in [0.25, 0.3) is 0 Å². The number of nitrogens with one attached hydrogen (secondary N) is 1. The molecule has 190 valence electrons. The summed E-state index contributed by atoms with van der Waals surface area (Å²) in [5.74, 6) is -5.12. The molecule has 1 aromatic carbocycles. The molecule has 3 aliphatic rings. The van der Waals surface area contributed by atoms with Crippen LogP contribution in [0.1, 0.15) is 54.8 Å². The second-order valence-electron chi connectivity index (χ2n) is 9.75. The number of rotatable bonds is 6. The van der Waals surface area contributed by atoms with Crippen molar-refractivity contribution in [3.05, 3.63) is 35.5 Å². The van der Waals surface area contributed by atoms with E-state index in [1.165, 1.54) is 17.0 Å². The number of benzene rings is 1. The number of anilines is 2. The summed E-state index contributed by atoms with van der Waals surface area (Å²) >= 11 is 0. The van der Waals surface area contributed by atoms with E-state index in [4.69, 9.17) is 9.15 Å². The number of hydrogen-bond acceptors (Lipinski definition) is 5. The molecule has 0 radical (unpaired) electrons. The van der Waals surface area contributed by atoms with Gasteiger partial charge >= 0.3 is 6.18 Å². The van der Waals surface area contributed by atoms with Gasteiger partial charge in [-0.15, -0.1) is 0 Å². The predicted molar refractivity (Wildman–Crippen MR) is 112 cm³/mol. The highest BCUT2D eigenvalue weighted by Gasteiger charge is 2.62. The Morgan fingerprint density at radius 2 is 1.89 bits per heavy atom. The van der Waals surface area contributed by atoms with Crippen molar-refractivity contribution < 1.29 is 40.3 Å². The van der Waals surface area contributed by atoms with Gasteiger partial charge in [-0.3, -0.25) is 4.79 Å². The molecule has 1 N–H and O–H groups in total. The molecule has 2 aromatic rings. The third-order valence-electron chi connectivity index (χ3n) is 6.64. The Hall–Kier alpha value is -2.92. The standard InChI is InChI=1S/C23H23F6N3O3/c24-15-7-13(5-6-16(15)34-14-3-1-2-4-14)30-19(33)18-17(8-23(27,28)29)35-20(31-18)32-11-21(12-32)9-22(25,26)10-21/h5-7,14H,1-4,8-12H2,(H,30,33). The fraction of sp³-hybridized carbons (Fsp3) is 0.565. The molecule has 0 atom stereocenters. The summed E-state index contributed by atoms with van der Waals surface area (Å²) in [5, 5.41) is 2.34. The van der Waals surface area contributed by atoms with Gasteiger partial charge in [-0.2, -0.15) is 18.2 Å². The number of amides is 1. The van der Waals surface area contributed by atoms with E-state index >= 15 is 0 Å². The summed E-state index contributed by atoms with van der Waals surface area (Å²) in [6.07, 6.45) is -3.22. The maximum Gasteiger partial charge on any atom is 0.396 e. The Morgan fingerprint density at radius 1 is 1.20 bits per heavy atom. The Morgan fingerprint density at radius 3 is 2.49 bits per heavy atom. The van der Waals surface area contributed by atoms with Gasteiger partial charge in [-0.05, 0) is 37.8 Å². The summed E-state index contributed by atoms with van der Waals surface area (Å²) in [7, 11) is 0. The summed E-state index contributed by atoms with van der Waals surface area (Å²) < 4.78 is 91.0. The van der Waals surface area contributed by atoms with Gasteiger partial charge in [0.05, 0.1) is 6.10 Å². The lowest BCUT2D eigenvalue weighted by atomic mass is 9.61. The highest BCUT2D eigenvalue weighted by molar-refractivity contribution is 6.03. The highest BCUT2D eigenvalue weighted by Crippen LogP contribution is 2.57. The van der Waals surface area contributed by atoms with Crippen LogP contribution in [0.5, 0.6) is 5.75 Å². The molecule has 35 heavy (non-hydrogen) atoms. The molecule has 12 heteroatoms. The molecule has 1 aliphatic heterocycles. The van der Waals surface area contributed by atoms with Crippen LogP contribution in [-0.2, 0) is 6.42 Å². The Bertz CT molecular complexity index is 1110. The molecule has 0 bridgehead atoms. The third-order valence-corrected chi connectivity index (χ3v) is 6.64. The summed E-state index contributed by atoms with van der Waals surface area (Å²) in [6, 6.07) is 3.51. The first-order valence-electron chi connectivity index (χ1n) is 11.4. The monoisotopic (exact) mass is 503 g/mol. The van der Waals surface area contributed by atoms with Crippen molar-refractivity contribution in [1.82, 2.24) is 4.98 Å². The molecule has 1 aromatic heterocycles. The molecule has 5 rings (SSSR count). The molecular weight excluding hydrogens is 480 g/mol. The van der Waals surface area contributed by atoms with Crippen LogP contribution in [-0.4, -0.2) is 42.2 Å². The average molecular weight is 503 g/mol. The number of carbonyl (C=O) groups excluding carboxylic acids is 1. The number of aromatic nitrogens is 1. The first kappa shape index (κ1) is 23.8. The topological polar surface area (TPSA) is 67.6 Å². The number of alkyl halides is 5. The summed E-state index contributed by atoms with van der Waals surface area (Å²) in [4.78, 5) is 18.1. The van der Waals surface area contributed by atoms with Crippen molar-refractivity contribution in [2.75, 3.05) is 23.3 Å². The van der Waals surface area contributed by atoms with Crippen molar-refractivity contribution in [3.8, 4) is 5.75 Å². The van der Waals surface area contributed by atoms with Gasteiger partial charge < -0.3 is 19.4 Å². The summed E-state index contributed by atoms with van der Waals surface area (Å²) in [6.45, 7) is 0.312. The van der Waals surface area contributed by atoms with Gasteiger partial charge in [0.2, 0.25) is 5.92 Å². The maximum absolute atomic E-state index is 14.5. The fourth-order valence-electron chi connectivity index (χ4n) is 5.17. The zero-order valence-corrected chi connectivity index (χ0v) is 18.6. The van der Waals surface area contributed by atoms with Gasteiger partial charge in [0.1, 0.15) is 12.2 Å². The first-order valence-corrected chi connectivity index (χ1v) is 11.4. The minimum Gasteiger partial charge on any atom is -0.487 e. The number of halogens is 6.